The number of carboxylic acid groups (broad SMARTS) is 1. The van der Waals surface area contributed by atoms with E-state index in [0.717, 1.165) is 35.1 Å². The maximum atomic E-state index is 12.4. The van der Waals surface area contributed by atoms with Crippen molar-refractivity contribution in [3.63, 3.8) is 0 Å². The maximum absolute atomic E-state index is 12.4. The van der Waals surface area contributed by atoms with Gasteiger partial charge in [-0.05, 0) is 71.8 Å². The second kappa shape index (κ2) is 10.9. The van der Waals surface area contributed by atoms with Gasteiger partial charge in [-0.3, -0.25) is 4.55 Å². The lowest BCUT2D eigenvalue weighted by Crippen LogP contribution is -2.20. The van der Waals surface area contributed by atoms with E-state index in [-0.39, 0.29) is 5.56 Å². The van der Waals surface area contributed by atoms with E-state index < -0.39 is 17.2 Å². The third-order valence-electron chi connectivity index (χ3n) is 5.69. The molecule has 0 amide bonds. The molecular formula is C28H25NO4S. The number of nitrogens with zero attached hydrogens (tertiary/aromatic N) is 1. The van der Waals surface area contributed by atoms with Crippen molar-refractivity contribution in [3.05, 3.63) is 120 Å². The fraction of sp³-hybridized carbons (Fsp3) is 0.107. The number of hydrogen-bond donors (Lipinski definition) is 2. The Balaban J connectivity index is 1.52. The molecule has 1 atom stereocenters. The number of carboxylic acids is 1. The summed E-state index contributed by atoms with van der Waals surface area (Å²) in [4.78, 5) is 11.0. The van der Waals surface area contributed by atoms with Crippen molar-refractivity contribution in [1.29, 1.82) is 0 Å². The fourth-order valence-electron chi connectivity index (χ4n) is 3.95. The minimum absolute atomic E-state index is 0.272. The maximum Gasteiger partial charge on any atom is 0.335 e. The smallest absolute Gasteiger partial charge is 0.335 e. The highest BCUT2D eigenvalue weighted by atomic mass is 32.2. The van der Waals surface area contributed by atoms with E-state index in [1.165, 1.54) is 4.31 Å². The van der Waals surface area contributed by atoms with Crippen LogP contribution in [0.5, 0.6) is 0 Å². The van der Waals surface area contributed by atoms with Crippen molar-refractivity contribution in [2.24, 2.45) is 0 Å². The Kier molecular flexibility index (Phi) is 7.52. The molecule has 34 heavy (non-hydrogen) atoms. The third kappa shape index (κ3) is 5.60. The van der Waals surface area contributed by atoms with E-state index in [2.05, 4.69) is 0 Å². The first kappa shape index (κ1) is 23.4. The lowest BCUT2D eigenvalue weighted by molar-refractivity contribution is 0.0697. The van der Waals surface area contributed by atoms with Gasteiger partial charge in [0.05, 0.1) is 16.9 Å². The van der Waals surface area contributed by atoms with E-state index in [4.69, 9.17) is 5.11 Å². The Morgan fingerprint density at radius 1 is 0.735 bits per heavy atom. The number of benzene rings is 4. The summed E-state index contributed by atoms with van der Waals surface area (Å²) in [7, 11) is 0. The summed E-state index contributed by atoms with van der Waals surface area (Å²) in [5.74, 6) is -0.936. The molecule has 0 aromatic heterocycles. The van der Waals surface area contributed by atoms with Gasteiger partial charge in [0.15, 0.2) is 0 Å². The van der Waals surface area contributed by atoms with Crippen molar-refractivity contribution in [2.75, 3.05) is 4.31 Å². The van der Waals surface area contributed by atoms with E-state index in [9.17, 15) is 13.6 Å². The number of anilines is 2. The molecule has 4 aromatic rings. The topological polar surface area (TPSA) is 77.8 Å². The van der Waals surface area contributed by atoms with Crippen LogP contribution in [0.2, 0.25) is 0 Å². The summed E-state index contributed by atoms with van der Waals surface area (Å²) in [5, 5.41) is 9.04. The lowest BCUT2D eigenvalue weighted by atomic mass is 10.0. The van der Waals surface area contributed by atoms with Crippen LogP contribution < -0.4 is 4.31 Å². The summed E-state index contributed by atoms with van der Waals surface area (Å²) in [6.07, 6.45) is 2.32. The van der Waals surface area contributed by atoms with Gasteiger partial charge in [-0.25, -0.2) is 13.3 Å². The third-order valence-corrected chi connectivity index (χ3v) is 6.41. The SMILES string of the molecule is O=C(O)c1ccc(CCCc2ccccc2N(c2ccc(-c3ccccc3)cc2)S(=O)O)cc1. The molecule has 6 heteroatoms. The number of hydrogen-bond acceptors (Lipinski definition) is 2. The molecule has 0 saturated carbocycles. The van der Waals surface area contributed by atoms with Gasteiger partial charge in [-0.1, -0.05) is 72.8 Å². The van der Waals surface area contributed by atoms with Gasteiger partial charge in [0.1, 0.15) is 0 Å². The second-order valence-electron chi connectivity index (χ2n) is 7.92. The van der Waals surface area contributed by atoms with Crippen molar-refractivity contribution >= 4 is 28.6 Å². The predicted molar refractivity (Wildman–Crippen MR) is 137 cm³/mol. The van der Waals surface area contributed by atoms with Crippen LogP contribution in [0, 0.1) is 0 Å². The van der Waals surface area contributed by atoms with Crippen molar-refractivity contribution in [2.45, 2.75) is 19.3 Å². The highest BCUT2D eigenvalue weighted by molar-refractivity contribution is 7.81. The first-order valence-electron chi connectivity index (χ1n) is 11.0. The molecule has 0 spiro atoms. The molecule has 0 heterocycles. The molecule has 5 nitrogen and oxygen atoms in total. The Morgan fingerprint density at radius 3 is 2.00 bits per heavy atom. The molecule has 0 saturated heterocycles. The van der Waals surface area contributed by atoms with Crippen LogP contribution in [0.1, 0.15) is 27.9 Å². The Hall–Kier alpha value is -3.74. The van der Waals surface area contributed by atoms with Gasteiger partial charge in [0.2, 0.25) is 0 Å². The zero-order valence-electron chi connectivity index (χ0n) is 18.5. The first-order valence-corrected chi connectivity index (χ1v) is 12.1. The Morgan fingerprint density at radius 2 is 1.35 bits per heavy atom. The highest BCUT2D eigenvalue weighted by Gasteiger charge is 2.18. The molecule has 0 fully saturated rings. The first-order chi connectivity index (χ1) is 16.5. The van der Waals surface area contributed by atoms with E-state index in [1.54, 1.807) is 12.1 Å². The van der Waals surface area contributed by atoms with Gasteiger partial charge >= 0.3 is 5.97 Å². The normalized spacial score (nSPS) is 11.7. The van der Waals surface area contributed by atoms with E-state index >= 15 is 0 Å². The summed E-state index contributed by atoms with van der Waals surface area (Å²) in [6.45, 7) is 0. The van der Waals surface area contributed by atoms with Crippen molar-refractivity contribution in [1.82, 2.24) is 0 Å². The second-order valence-corrected chi connectivity index (χ2v) is 8.75. The van der Waals surface area contributed by atoms with Gasteiger partial charge in [-0.15, -0.1) is 0 Å². The van der Waals surface area contributed by atoms with Crippen LogP contribution in [0.3, 0.4) is 0 Å². The Bertz CT molecular complexity index is 1270. The van der Waals surface area contributed by atoms with Crippen LogP contribution in [0.25, 0.3) is 11.1 Å². The summed E-state index contributed by atoms with van der Waals surface area (Å²) >= 11 is -2.24. The van der Waals surface area contributed by atoms with Crippen LogP contribution in [0.15, 0.2) is 103 Å². The largest absolute Gasteiger partial charge is 0.478 e. The zero-order valence-corrected chi connectivity index (χ0v) is 19.3. The van der Waals surface area contributed by atoms with Crippen LogP contribution in [-0.4, -0.2) is 19.8 Å². The average Bonchev–Trinajstić information content (AvgIpc) is 2.86. The minimum Gasteiger partial charge on any atom is -0.478 e. The van der Waals surface area contributed by atoms with Crippen LogP contribution in [-0.2, 0) is 24.1 Å². The monoisotopic (exact) mass is 471 g/mol. The minimum atomic E-state index is -2.24. The Labute approximate surface area is 201 Å². The van der Waals surface area contributed by atoms with E-state index in [0.29, 0.717) is 17.8 Å². The van der Waals surface area contributed by atoms with E-state index in [1.807, 2.05) is 91.0 Å². The number of carbonyl (C=O) groups is 1. The molecule has 0 radical (unpaired) electrons. The van der Waals surface area contributed by atoms with Gasteiger partial charge in [-0.2, -0.15) is 0 Å². The summed E-state index contributed by atoms with van der Waals surface area (Å²) in [5.41, 5.74) is 5.75. The van der Waals surface area contributed by atoms with Crippen LogP contribution in [0.4, 0.5) is 11.4 Å². The molecule has 172 valence electrons. The predicted octanol–water partition coefficient (Wildman–Crippen LogP) is 6.50. The molecule has 2 N–H and O–H groups in total. The summed E-state index contributed by atoms with van der Waals surface area (Å²) in [6, 6.07) is 32.1. The molecule has 4 rings (SSSR count). The molecule has 4 aromatic carbocycles. The average molecular weight is 472 g/mol. The van der Waals surface area contributed by atoms with Crippen molar-refractivity contribution in [3.8, 4) is 11.1 Å². The molecule has 0 aliphatic rings. The number of rotatable bonds is 9. The van der Waals surface area contributed by atoms with Crippen molar-refractivity contribution < 1.29 is 18.7 Å². The molecule has 0 bridgehead atoms. The molecular weight excluding hydrogens is 446 g/mol. The standard InChI is InChI=1S/C28H25NO4S/c30-28(31)25-15-13-21(14-16-25)7-6-11-24-10-4-5-12-27(24)29(34(32)33)26-19-17-23(18-20-26)22-8-2-1-3-9-22/h1-5,8-10,12-20H,6-7,11H2,(H,30,31)(H,32,33). The quantitative estimate of drug-likeness (QED) is 0.273. The fourth-order valence-corrected chi connectivity index (χ4v) is 4.60. The molecule has 0 aliphatic heterocycles. The molecule has 1 unspecified atom stereocenters. The number of para-hydroxylation sites is 1. The highest BCUT2D eigenvalue weighted by Crippen LogP contribution is 2.32. The van der Waals surface area contributed by atoms with Gasteiger partial charge in [0.25, 0.3) is 11.3 Å². The number of aromatic carboxylic acids is 1. The van der Waals surface area contributed by atoms with Crippen LogP contribution >= 0.6 is 0 Å². The number of aryl methyl sites for hydroxylation is 2. The van der Waals surface area contributed by atoms with Gasteiger partial charge < -0.3 is 5.11 Å². The summed E-state index contributed by atoms with van der Waals surface area (Å²) < 4.78 is 24.0. The molecule has 0 aliphatic carbocycles. The zero-order chi connectivity index (χ0) is 23.9. The lowest BCUT2D eigenvalue weighted by Gasteiger charge is -2.23. The van der Waals surface area contributed by atoms with Gasteiger partial charge in [0, 0.05) is 0 Å².